The van der Waals surface area contributed by atoms with Crippen molar-refractivity contribution in [2.75, 3.05) is 40.5 Å². The first-order chi connectivity index (χ1) is 17.1. The van der Waals surface area contributed by atoms with E-state index < -0.39 is 0 Å². The first kappa shape index (κ1) is 23.1. The minimum atomic E-state index is -0.174. The van der Waals surface area contributed by atoms with Crippen molar-refractivity contribution in [2.24, 2.45) is 0 Å². The average molecular weight is 477 g/mol. The predicted octanol–water partition coefficient (Wildman–Crippen LogP) is 3.26. The van der Waals surface area contributed by atoms with Crippen LogP contribution in [0.2, 0.25) is 0 Å². The third-order valence-electron chi connectivity index (χ3n) is 6.23. The van der Waals surface area contributed by atoms with Crippen LogP contribution < -0.4 is 15.0 Å². The minimum absolute atomic E-state index is 0.174. The highest BCUT2D eigenvalue weighted by Crippen LogP contribution is 2.30. The number of methoxy groups -OCH3 is 2. The Morgan fingerprint density at radius 1 is 0.971 bits per heavy atom. The molecule has 3 heterocycles. The average Bonchev–Trinajstić information content (AvgIpc) is 3.35. The second-order valence-corrected chi connectivity index (χ2v) is 8.58. The Bertz CT molecular complexity index is 1390. The molecule has 2 aromatic heterocycles. The molecule has 35 heavy (non-hydrogen) atoms. The molecule has 0 unspecified atom stereocenters. The van der Waals surface area contributed by atoms with Crippen molar-refractivity contribution in [1.82, 2.24) is 19.6 Å². The van der Waals surface area contributed by atoms with Gasteiger partial charge < -0.3 is 18.7 Å². The van der Waals surface area contributed by atoms with E-state index in [1.807, 2.05) is 37.3 Å². The number of rotatable bonds is 7. The number of benzene rings is 2. The summed E-state index contributed by atoms with van der Waals surface area (Å²) in [6.45, 7) is 5.64. The van der Waals surface area contributed by atoms with E-state index in [9.17, 15) is 4.79 Å². The van der Waals surface area contributed by atoms with Crippen molar-refractivity contribution in [3.8, 4) is 22.8 Å². The quantitative estimate of drug-likeness (QED) is 0.401. The molecule has 0 aliphatic carbocycles. The fourth-order valence-electron chi connectivity index (χ4n) is 4.24. The Balaban J connectivity index is 1.56. The maximum Gasteiger partial charge on any atom is 0.261 e. The van der Waals surface area contributed by atoms with Gasteiger partial charge in [0.15, 0.2) is 17.3 Å². The summed E-state index contributed by atoms with van der Waals surface area (Å²) in [6.07, 6.45) is 0. The van der Waals surface area contributed by atoms with Crippen molar-refractivity contribution < 1.29 is 18.7 Å². The smallest absolute Gasteiger partial charge is 0.261 e. The SMILES string of the molecule is COc1cc2nc(CN3CCOCC3)n(Cc3cc(-c4ccc(C)cc4)no3)c(=O)c2cc1OC. The molecule has 9 heteroatoms. The van der Waals surface area contributed by atoms with Gasteiger partial charge in [-0.1, -0.05) is 35.0 Å². The van der Waals surface area contributed by atoms with Gasteiger partial charge in [0.25, 0.3) is 5.56 Å². The molecule has 0 bridgehead atoms. The lowest BCUT2D eigenvalue weighted by Gasteiger charge is -2.27. The zero-order valence-corrected chi connectivity index (χ0v) is 20.1. The topological polar surface area (TPSA) is 91.9 Å². The van der Waals surface area contributed by atoms with Crippen molar-refractivity contribution >= 4 is 10.9 Å². The van der Waals surface area contributed by atoms with Gasteiger partial charge in [-0.3, -0.25) is 14.3 Å². The molecule has 1 saturated heterocycles. The molecule has 4 aromatic rings. The first-order valence-electron chi connectivity index (χ1n) is 11.5. The summed E-state index contributed by atoms with van der Waals surface area (Å²) in [5.41, 5.74) is 3.24. The number of hydrogen-bond donors (Lipinski definition) is 0. The van der Waals surface area contributed by atoms with Gasteiger partial charge in [0, 0.05) is 30.8 Å². The van der Waals surface area contributed by atoms with Gasteiger partial charge in [0.2, 0.25) is 0 Å². The van der Waals surface area contributed by atoms with Crippen LogP contribution in [0.25, 0.3) is 22.2 Å². The van der Waals surface area contributed by atoms with Crippen LogP contribution >= 0.6 is 0 Å². The van der Waals surface area contributed by atoms with E-state index in [2.05, 4.69) is 10.1 Å². The lowest BCUT2D eigenvalue weighted by Crippen LogP contribution is -2.38. The normalized spacial score (nSPS) is 14.4. The lowest BCUT2D eigenvalue weighted by molar-refractivity contribution is 0.0324. The van der Waals surface area contributed by atoms with E-state index in [-0.39, 0.29) is 12.1 Å². The molecule has 0 amide bonds. The molecular weight excluding hydrogens is 448 g/mol. The number of morpholine rings is 1. The van der Waals surface area contributed by atoms with Crippen LogP contribution in [0.15, 0.2) is 51.8 Å². The third kappa shape index (κ3) is 4.78. The zero-order valence-electron chi connectivity index (χ0n) is 20.1. The van der Waals surface area contributed by atoms with Crippen molar-refractivity contribution in [3.63, 3.8) is 0 Å². The minimum Gasteiger partial charge on any atom is -0.493 e. The first-order valence-corrected chi connectivity index (χ1v) is 11.5. The largest absolute Gasteiger partial charge is 0.493 e. The summed E-state index contributed by atoms with van der Waals surface area (Å²) in [7, 11) is 3.11. The van der Waals surface area contributed by atoms with E-state index >= 15 is 0 Å². The summed E-state index contributed by atoms with van der Waals surface area (Å²) in [5, 5.41) is 4.68. The molecule has 0 saturated carbocycles. The summed E-state index contributed by atoms with van der Waals surface area (Å²) in [6, 6.07) is 13.4. The maximum absolute atomic E-state index is 13.7. The van der Waals surface area contributed by atoms with Crippen LogP contribution in [0.1, 0.15) is 17.1 Å². The fourth-order valence-corrected chi connectivity index (χ4v) is 4.24. The van der Waals surface area contributed by atoms with Crippen LogP contribution in [-0.4, -0.2) is 60.1 Å². The number of aryl methyl sites for hydroxylation is 1. The molecule has 9 nitrogen and oxygen atoms in total. The van der Waals surface area contributed by atoms with Gasteiger partial charge in [-0.25, -0.2) is 4.98 Å². The standard InChI is InChI=1S/C26H28N4O5/c1-17-4-6-18(7-5-17)21-12-19(35-28-21)15-30-25(16-29-8-10-34-11-9-29)27-22-14-24(33-3)23(32-2)13-20(22)26(30)31/h4-7,12-14H,8-11,15-16H2,1-3H3. The fraction of sp³-hybridized carbons (Fsp3) is 0.346. The highest BCUT2D eigenvalue weighted by Gasteiger charge is 2.20. The molecule has 2 aromatic carbocycles. The molecular formula is C26H28N4O5. The molecule has 0 N–H and O–H groups in total. The van der Waals surface area contributed by atoms with Crippen LogP contribution in [0.3, 0.4) is 0 Å². The molecule has 0 atom stereocenters. The summed E-state index contributed by atoms with van der Waals surface area (Å²) in [4.78, 5) is 20.8. The number of hydrogen-bond acceptors (Lipinski definition) is 8. The van der Waals surface area contributed by atoms with Crippen LogP contribution in [0.4, 0.5) is 0 Å². The summed E-state index contributed by atoms with van der Waals surface area (Å²) in [5.74, 6) is 2.23. The van der Waals surface area contributed by atoms with Crippen LogP contribution in [-0.2, 0) is 17.8 Å². The molecule has 182 valence electrons. The van der Waals surface area contributed by atoms with Crippen molar-refractivity contribution in [1.29, 1.82) is 0 Å². The molecule has 1 aliphatic heterocycles. The van der Waals surface area contributed by atoms with E-state index in [0.717, 1.165) is 24.3 Å². The lowest BCUT2D eigenvalue weighted by atomic mass is 10.1. The zero-order chi connectivity index (χ0) is 24.4. The van der Waals surface area contributed by atoms with Gasteiger partial charge in [0.1, 0.15) is 11.5 Å². The van der Waals surface area contributed by atoms with Gasteiger partial charge >= 0.3 is 0 Å². The monoisotopic (exact) mass is 476 g/mol. The number of fused-ring (bicyclic) bond motifs is 1. The van der Waals surface area contributed by atoms with Gasteiger partial charge in [-0.05, 0) is 13.0 Å². The number of nitrogens with zero attached hydrogens (tertiary/aromatic N) is 4. The highest BCUT2D eigenvalue weighted by atomic mass is 16.5. The Labute approximate surface area is 202 Å². The Morgan fingerprint density at radius 3 is 2.40 bits per heavy atom. The second-order valence-electron chi connectivity index (χ2n) is 8.58. The van der Waals surface area contributed by atoms with Crippen LogP contribution in [0, 0.1) is 6.92 Å². The van der Waals surface area contributed by atoms with Gasteiger partial charge in [-0.2, -0.15) is 0 Å². The molecule has 1 aliphatic rings. The van der Waals surface area contributed by atoms with Crippen molar-refractivity contribution in [3.05, 3.63) is 70.0 Å². The molecule has 0 radical (unpaired) electrons. The van der Waals surface area contributed by atoms with E-state index in [4.69, 9.17) is 23.7 Å². The van der Waals surface area contributed by atoms with Gasteiger partial charge in [-0.15, -0.1) is 0 Å². The van der Waals surface area contributed by atoms with E-state index in [1.54, 1.807) is 30.9 Å². The summed E-state index contributed by atoms with van der Waals surface area (Å²) < 4.78 is 23.6. The number of aromatic nitrogens is 3. The van der Waals surface area contributed by atoms with E-state index in [1.165, 1.54) is 5.56 Å². The van der Waals surface area contributed by atoms with Crippen molar-refractivity contribution in [2.45, 2.75) is 20.0 Å². The highest BCUT2D eigenvalue weighted by molar-refractivity contribution is 5.82. The molecule has 5 rings (SSSR count). The van der Waals surface area contributed by atoms with Crippen LogP contribution in [0.5, 0.6) is 11.5 Å². The molecule has 0 spiro atoms. The number of ether oxygens (including phenoxy) is 3. The van der Waals surface area contributed by atoms with E-state index in [0.29, 0.717) is 53.7 Å². The third-order valence-corrected chi connectivity index (χ3v) is 6.23. The summed E-state index contributed by atoms with van der Waals surface area (Å²) >= 11 is 0. The predicted molar refractivity (Wildman–Crippen MR) is 131 cm³/mol. The molecule has 1 fully saturated rings. The van der Waals surface area contributed by atoms with Gasteiger partial charge in [0.05, 0.1) is 51.4 Å². The Hall–Kier alpha value is -3.69. The maximum atomic E-state index is 13.7. The second kappa shape index (κ2) is 9.89. The Kier molecular flexibility index (Phi) is 6.52. The Morgan fingerprint density at radius 2 is 1.69 bits per heavy atom.